The van der Waals surface area contributed by atoms with Gasteiger partial charge in [-0.1, -0.05) is 6.92 Å². The fraction of sp³-hybridized carbons (Fsp3) is 0.667. The Kier molecular flexibility index (Phi) is 13.5. The third kappa shape index (κ3) is 44.8. The first-order valence-corrected chi connectivity index (χ1v) is 10.7. The molecule has 0 N–H and O–H groups in total. The SMILES string of the molecule is CCC(=O)Cl.[Cl][Ge]([Cl])[Cl]. The van der Waals surface area contributed by atoms with E-state index in [1.54, 1.807) is 6.92 Å². The molecule has 0 rings (SSSR count). The molecule has 0 aromatic heterocycles. The molecule has 0 aliphatic rings. The van der Waals surface area contributed by atoms with Gasteiger partial charge in [-0.2, -0.15) is 0 Å². The van der Waals surface area contributed by atoms with E-state index in [4.69, 9.17) is 41.6 Å². The van der Waals surface area contributed by atoms with Crippen molar-refractivity contribution >= 4 is 58.4 Å². The Balaban J connectivity index is 0. The Labute approximate surface area is 76.3 Å². The predicted molar refractivity (Wildman–Crippen MR) is 44.5 cm³/mol. The molecule has 0 spiro atoms. The Hall–Kier alpha value is 1.37. The van der Waals surface area contributed by atoms with E-state index in [2.05, 4.69) is 0 Å². The quantitative estimate of drug-likeness (QED) is 0.529. The second-order valence-corrected chi connectivity index (χ2v) is 11.2. The average molecular weight is 271 g/mol. The van der Waals surface area contributed by atoms with Gasteiger partial charge in [-0.05, 0) is 11.6 Å². The Bertz CT molecular complexity index is 73.5. The van der Waals surface area contributed by atoms with Gasteiger partial charge >= 0.3 is 41.6 Å². The van der Waals surface area contributed by atoms with Crippen molar-refractivity contribution in [3.05, 3.63) is 0 Å². The van der Waals surface area contributed by atoms with E-state index >= 15 is 0 Å². The summed E-state index contributed by atoms with van der Waals surface area (Å²) in [4.78, 5) is 9.58. The van der Waals surface area contributed by atoms with Gasteiger partial charge in [-0.15, -0.1) is 0 Å². The van der Waals surface area contributed by atoms with Crippen LogP contribution in [0.15, 0.2) is 0 Å². The number of hydrogen-bond acceptors (Lipinski definition) is 1. The molecule has 0 atom stereocenters. The maximum atomic E-state index is 9.58. The van der Waals surface area contributed by atoms with Gasteiger partial charge in [0.1, 0.15) is 0 Å². The molecular weight excluding hydrogens is 266 g/mol. The minimum atomic E-state index is -1.92. The van der Waals surface area contributed by atoms with Crippen LogP contribution in [0.3, 0.4) is 0 Å². The normalized spacial score (nSPS) is 8.22. The number of rotatable bonds is 1. The van der Waals surface area contributed by atoms with Gasteiger partial charge in [0.15, 0.2) is 0 Å². The van der Waals surface area contributed by atoms with Crippen molar-refractivity contribution in [2.45, 2.75) is 13.3 Å². The molecule has 6 heteroatoms. The van der Waals surface area contributed by atoms with Crippen LogP contribution in [0.4, 0.5) is 0 Å². The van der Waals surface area contributed by atoms with Crippen molar-refractivity contribution < 1.29 is 4.79 Å². The van der Waals surface area contributed by atoms with Crippen LogP contribution >= 0.6 is 41.6 Å². The van der Waals surface area contributed by atoms with E-state index in [1.807, 2.05) is 0 Å². The number of halogens is 4. The molecule has 0 bridgehead atoms. The van der Waals surface area contributed by atoms with Gasteiger partial charge < -0.3 is 0 Å². The molecule has 1 radical (unpaired) electrons. The topological polar surface area (TPSA) is 17.1 Å². The van der Waals surface area contributed by atoms with E-state index in [0.717, 1.165) is 0 Å². The van der Waals surface area contributed by atoms with E-state index in [1.165, 1.54) is 0 Å². The first-order valence-electron chi connectivity index (χ1n) is 2.02. The van der Waals surface area contributed by atoms with Gasteiger partial charge in [0.2, 0.25) is 5.24 Å². The molecule has 55 valence electrons. The monoisotopic (exact) mass is 271 g/mol. The van der Waals surface area contributed by atoms with Crippen LogP contribution in [0.1, 0.15) is 13.3 Å². The summed E-state index contributed by atoms with van der Waals surface area (Å²) in [6.45, 7) is 1.72. The molecule has 0 amide bonds. The molecule has 0 heterocycles. The van der Waals surface area contributed by atoms with E-state index in [0.29, 0.717) is 6.42 Å². The van der Waals surface area contributed by atoms with Crippen LogP contribution in [0.5, 0.6) is 0 Å². The minimum absolute atomic E-state index is 0.273. The van der Waals surface area contributed by atoms with Gasteiger partial charge in [-0.25, -0.2) is 0 Å². The van der Waals surface area contributed by atoms with Crippen molar-refractivity contribution in [3.63, 3.8) is 0 Å². The zero-order valence-corrected chi connectivity index (χ0v) is 9.75. The van der Waals surface area contributed by atoms with Crippen molar-refractivity contribution in [1.82, 2.24) is 0 Å². The first-order chi connectivity index (χ1) is 4.00. The number of carbonyl (C=O) groups excluding carboxylic acids is 1. The molecule has 0 unspecified atom stereocenters. The molecule has 0 aromatic rings. The zero-order valence-electron chi connectivity index (χ0n) is 4.63. The predicted octanol–water partition coefficient (Wildman–Crippen LogP) is 2.85. The summed E-state index contributed by atoms with van der Waals surface area (Å²) in [5, 5.41) is -0.273. The third-order valence-electron chi connectivity index (χ3n) is 0.278. The summed E-state index contributed by atoms with van der Waals surface area (Å²) in [6.07, 6.45) is 0.432. The van der Waals surface area contributed by atoms with Crippen LogP contribution < -0.4 is 0 Å². The second-order valence-electron chi connectivity index (χ2n) is 0.923. The van der Waals surface area contributed by atoms with E-state index in [9.17, 15) is 4.79 Å². The van der Waals surface area contributed by atoms with Gasteiger partial charge in [0, 0.05) is 6.42 Å². The molecule has 0 aromatic carbocycles. The van der Waals surface area contributed by atoms with Gasteiger partial charge in [0.05, 0.1) is 0 Å². The van der Waals surface area contributed by atoms with Crippen LogP contribution in [0.2, 0.25) is 0 Å². The summed E-state index contributed by atoms with van der Waals surface area (Å²) in [6, 6.07) is 0. The zero-order chi connectivity index (χ0) is 7.86. The summed E-state index contributed by atoms with van der Waals surface area (Å²) in [7, 11) is 14.9. The Morgan fingerprint density at radius 3 is 1.56 bits per heavy atom. The Morgan fingerprint density at radius 2 is 1.56 bits per heavy atom. The van der Waals surface area contributed by atoms with E-state index in [-0.39, 0.29) is 5.24 Å². The number of carbonyl (C=O) groups is 1. The van der Waals surface area contributed by atoms with Crippen LogP contribution in [-0.2, 0) is 4.79 Å². The van der Waals surface area contributed by atoms with Gasteiger partial charge in [-0.3, -0.25) is 4.79 Å². The van der Waals surface area contributed by atoms with Crippen LogP contribution in [-0.4, -0.2) is 16.8 Å². The summed E-state index contributed by atoms with van der Waals surface area (Å²) < 4.78 is 0. The van der Waals surface area contributed by atoms with Crippen molar-refractivity contribution in [1.29, 1.82) is 0 Å². The summed E-state index contributed by atoms with van der Waals surface area (Å²) in [5.74, 6) is 0. The molecule has 0 saturated carbocycles. The average Bonchev–Trinajstić information content (AvgIpc) is 1.65. The standard InChI is InChI=1S/C3H5ClO.Cl3Ge/c1-2-3(4)5;1-4(2)3/h2H2,1H3;. The summed E-state index contributed by atoms with van der Waals surface area (Å²) in [5.41, 5.74) is 0. The molecule has 1 nitrogen and oxygen atoms in total. The second kappa shape index (κ2) is 9.37. The van der Waals surface area contributed by atoms with Crippen LogP contribution in [0, 0.1) is 0 Å². The van der Waals surface area contributed by atoms with Crippen molar-refractivity contribution in [3.8, 4) is 0 Å². The number of hydrogen-bond donors (Lipinski definition) is 0. The van der Waals surface area contributed by atoms with E-state index < -0.39 is 11.6 Å². The first kappa shape index (κ1) is 13.0. The molecule has 0 fully saturated rings. The molecule has 0 aliphatic carbocycles. The fourth-order valence-electron chi connectivity index (χ4n) is 0. The summed E-state index contributed by atoms with van der Waals surface area (Å²) >= 11 is 2.91. The maximum absolute atomic E-state index is 9.58. The van der Waals surface area contributed by atoms with Crippen molar-refractivity contribution in [2.75, 3.05) is 0 Å². The third-order valence-corrected chi connectivity index (χ3v) is 0.545. The Morgan fingerprint density at radius 1 is 1.44 bits per heavy atom. The molecular formula is C3H5Cl4GeO. The van der Waals surface area contributed by atoms with Crippen LogP contribution in [0.25, 0.3) is 0 Å². The molecule has 0 saturated heterocycles. The fourth-order valence-corrected chi connectivity index (χ4v) is 0. The molecule has 0 aliphatic heterocycles. The van der Waals surface area contributed by atoms with Gasteiger partial charge in [0.25, 0.3) is 0 Å². The van der Waals surface area contributed by atoms with Crippen molar-refractivity contribution in [2.24, 2.45) is 0 Å². The molecule has 9 heavy (non-hydrogen) atoms.